The number of nitrogens with zero attached hydrogens (tertiary/aromatic N) is 2. The molecule has 1 atom stereocenters. The Labute approximate surface area is 91.5 Å². The summed E-state index contributed by atoms with van der Waals surface area (Å²) in [5.74, 6) is -1.25. The Morgan fingerprint density at radius 2 is 1.88 bits per heavy atom. The van der Waals surface area contributed by atoms with Crippen molar-refractivity contribution in [1.29, 1.82) is 0 Å². The van der Waals surface area contributed by atoms with Crippen LogP contribution < -0.4 is 5.73 Å². The molecule has 1 unspecified atom stereocenters. The average molecular weight is 223 g/mol. The maximum Gasteiger partial charge on any atom is 0.128 e. The zero-order chi connectivity index (χ0) is 11.7. The summed E-state index contributed by atoms with van der Waals surface area (Å²) in [6, 6.07) is 3.04. The van der Waals surface area contributed by atoms with Gasteiger partial charge >= 0.3 is 0 Å². The van der Waals surface area contributed by atoms with Crippen molar-refractivity contribution in [3.05, 3.63) is 48.1 Å². The highest BCUT2D eigenvalue weighted by Crippen LogP contribution is 2.18. The predicted molar refractivity (Wildman–Crippen MR) is 56.1 cm³/mol. The number of benzene rings is 1. The van der Waals surface area contributed by atoms with Crippen LogP contribution in [0.15, 0.2) is 30.7 Å². The molecule has 1 aromatic carbocycles. The molecule has 0 radical (unpaired) electrons. The van der Waals surface area contributed by atoms with E-state index in [1.54, 1.807) is 17.7 Å². The largest absolute Gasteiger partial charge is 0.323 e. The SMILES string of the molecule is CC(N)c1cncn1-c1cc(F)cc(F)c1. The normalized spacial score (nSPS) is 12.8. The van der Waals surface area contributed by atoms with Crippen LogP contribution in [0.2, 0.25) is 0 Å². The van der Waals surface area contributed by atoms with E-state index in [0.717, 1.165) is 6.07 Å². The van der Waals surface area contributed by atoms with Gasteiger partial charge in [-0.05, 0) is 19.1 Å². The molecular formula is C11H11F2N3. The van der Waals surface area contributed by atoms with Crippen LogP contribution in [0.3, 0.4) is 0 Å². The molecule has 1 heterocycles. The monoisotopic (exact) mass is 223 g/mol. The smallest absolute Gasteiger partial charge is 0.128 e. The minimum absolute atomic E-state index is 0.256. The van der Waals surface area contributed by atoms with Crippen molar-refractivity contribution in [3.63, 3.8) is 0 Å². The first-order valence-electron chi connectivity index (χ1n) is 4.82. The van der Waals surface area contributed by atoms with Gasteiger partial charge in [0.1, 0.15) is 11.6 Å². The van der Waals surface area contributed by atoms with E-state index in [9.17, 15) is 8.78 Å². The minimum atomic E-state index is -0.626. The molecule has 2 aromatic rings. The minimum Gasteiger partial charge on any atom is -0.323 e. The molecule has 0 bridgehead atoms. The number of aromatic nitrogens is 2. The Kier molecular flexibility index (Phi) is 2.70. The lowest BCUT2D eigenvalue weighted by atomic mass is 10.2. The van der Waals surface area contributed by atoms with Crippen LogP contribution in [0, 0.1) is 11.6 Å². The first kappa shape index (κ1) is 10.8. The number of nitrogens with two attached hydrogens (primary N) is 1. The quantitative estimate of drug-likeness (QED) is 0.847. The van der Waals surface area contributed by atoms with E-state index in [0.29, 0.717) is 11.4 Å². The van der Waals surface area contributed by atoms with Gasteiger partial charge < -0.3 is 10.3 Å². The fourth-order valence-electron chi connectivity index (χ4n) is 1.54. The molecule has 0 aliphatic heterocycles. The number of rotatable bonds is 2. The molecule has 0 aliphatic carbocycles. The Morgan fingerprint density at radius 3 is 2.44 bits per heavy atom. The molecule has 0 spiro atoms. The number of hydrogen-bond acceptors (Lipinski definition) is 2. The lowest BCUT2D eigenvalue weighted by Gasteiger charge is -2.10. The maximum atomic E-state index is 13.0. The van der Waals surface area contributed by atoms with Crippen molar-refractivity contribution in [2.24, 2.45) is 5.73 Å². The van der Waals surface area contributed by atoms with Crippen LogP contribution in [0.1, 0.15) is 18.7 Å². The van der Waals surface area contributed by atoms with Crippen molar-refractivity contribution in [1.82, 2.24) is 9.55 Å². The molecule has 0 aliphatic rings. The molecule has 0 fully saturated rings. The summed E-state index contributed by atoms with van der Waals surface area (Å²) in [5, 5.41) is 0. The van der Waals surface area contributed by atoms with Crippen LogP contribution in [-0.2, 0) is 0 Å². The highest BCUT2D eigenvalue weighted by molar-refractivity contribution is 5.35. The number of halogens is 2. The third kappa shape index (κ3) is 1.94. The van der Waals surface area contributed by atoms with Gasteiger partial charge in [-0.3, -0.25) is 0 Å². The summed E-state index contributed by atoms with van der Waals surface area (Å²) < 4.78 is 27.7. The van der Waals surface area contributed by atoms with E-state index < -0.39 is 11.6 Å². The summed E-state index contributed by atoms with van der Waals surface area (Å²) in [6.45, 7) is 1.78. The van der Waals surface area contributed by atoms with Crippen molar-refractivity contribution < 1.29 is 8.78 Å². The molecule has 3 nitrogen and oxygen atoms in total. The molecule has 84 valence electrons. The predicted octanol–water partition coefficient (Wildman–Crippen LogP) is 2.17. The van der Waals surface area contributed by atoms with E-state index in [4.69, 9.17) is 5.73 Å². The fourth-order valence-corrected chi connectivity index (χ4v) is 1.54. The molecule has 5 heteroatoms. The topological polar surface area (TPSA) is 43.8 Å². The summed E-state index contributed by atoms with van der Waals surface area (Å²) in [6.07, 6.45) is 3.06. The Hall–Kier alpha value is -1.75. The van der Waals surface area contributed by atoms with E-state index in [1.165, 1.54) is 18.5 Å². The highest BCUT2D eigenvalue weighted by atomic mass is 19.1. The van der Waals surface area contributed by atoms with E-state index in [1.807, 2.05) is 0 Å². The second kappa shape index (κ2) is 4.02. The van der Waals surface area contributed by atoms with Crippen molar-refractivity contribution in [3.8, 4) is 5.69 Å². The third-order valence-electron chi connectivity index (χ3n) is 2.26. The molecule has 0 saturated carbocycles. The summed E-state index contributed by atoms with van der Waals surface area (Å²) in [4.78, 5) is 3.92. The molecule has 0 saturated heterocycles. The first-order valence-corrected chi connectivity index (χ1v) is 4.82. The standard InChI is InChI=1S/C11H11F2N3/c1-7(14)11-5-15-6-16(11)10-3-8(12)2-9(13)4-10/h2-7H,14H2,1H3. The molecule has 1 aromatic heterocycles. The number of hydrogen-bond donors (Lipinski definition) is 1. The Balaban J connectivity index is 2.54. The van der Waals surface area contributed by atoms with Gasteiger partial charge in [0.05, 0.1) is 23.9 Å². The second-order valence-electron chi connectivity index (χ2n) is 3.60. The Bertz CT molecular complexity index is 485. The van der Waals surface area contributed by atoms with Gasteiger partial charge in [0.15, 0.2) is 0 Å². The van der Waals surface area contributed by atoms with Crippen LogP contribution in [0.25, 0.3) is 5.69 Å². The third-order valence-corrected chi connectivity index (χ3v) is 2.26. The fraction of sp³-hybridized carbons (Fsp3) is 0.182. The molecule has 16 heavy (non-hydrogen) atoms. The Morgan fingerprint density at radius 1 is 1.25 bits per heavy atom. The summed E-state index contributed by atoms with van der Waals surface area (Å²) in [5.41, 5.74) is 6.80. The van der Waals surface area contributed by atoms with Gasteiger partial charge in [0, 0.05) is 12.1 Å². The van der Waals surface area contributed by atoms with Crippen LogP contribution in [-0.4, -0.2) is 9.55 Å². The van der Waals surface area contributed by atoms with Crippen LogP contribution in [0.4, 0.5) is 8.78 Å². The van der Waals surface area contributed by atoms with Gasteiger partial charge in [0.25, 0.3) is 0 Å². The molecule has 2 rings (SSSR count). The van der Waals surface area contributed by atoms with E-state index in [2.05, 4.69) is 4.98 Å². The maximum absolute atomic E-state index is 13.0. The lowest BCUT2D eigenvalue weighted by molar-refractivity contribution is 0.580. The molecule has 0 amide bonds. The first-order chi connectivity index (χ1) is 7.58. The molecule has 2 N–H and O–H groups in total. The van der Waals surface area contributed by atoms with Gasteiger partial charge in [0.2, 0.25) is 0 Å². The second-order valence-corrected chi connectivity index (χ2v) is 3.60. The highest BCUT2D eigenvalue weighted by Gasteiger charge is 2.10. The van der Waals surface area contributed by atoms with Gasteiger partial charge in [-0.1, -0.05) is 0 Å². The van der Waals surface area contributed by atoms with Gasteiger partial charge in [-0.25, -0.2) is 13.8 Å². The van der Waals surface area contributed by atoms with Crippen molar-refractivity contribution in [2.75, 3.05) is 0 Å². The van der Waals surface area contributed by atoms with Gasteiger partial charge in [-0.2, -0.15) is 0 Å². The lowest BCUT2D eigenvalue weighted by Crippen LogP contribution is -2.10. The average Bonchev–Trinajstić information content (AvgIpc) is 2.63. The van der Waals surface area contributed by atoms with E-state index in [-0.39, 0.29) is 6.04 Å². The van der Waals surface area contributed by atoms with E-state index >= 15 is 0 Å². The van der Waals surface area contributed by atoms with Crippen LogP contribution in [0.5, 0.6) is 0 Å². The number of imidazole rings is 1. The zero-order valence-electron chi connectivity index (χ0n) is 8.69. The summed E-state index contributed by atoms with van der Waals surface area (Å²) in [7, 11) is 0. The van der Waals surface area contributed by atoms with Crippen LogP contribution >= 0.6 is 0 Å². The van der Waals surface area contributed by atoms with Gasteiger partial charge in [-0.15, -0.1) is 0 Å². The molecular weight excluding hydrogens is 212 g/mol. The van der Waals surface area contributed by atoms with Crippen molar-refractivity contribution >= 4 is 0 Å². The zero-order valence-corrected chi connectivity index (χ0v) is 8.69. The summed E-state index contributed by atoms with van der Waals surface area (Å²) >= 11 is 0. The van der Waals surface area contributed by atoms with Crippen molar-refractivity contribution in [2.45, 2.75) is 13.0 Å².